The number of aliphatic imine (C=N–C) groups is 1. The van der Waals surface area contributed by atoms with Crippen LogP contribution >= 0.6 is 12.6 Å². The highest BCUT2D eigenvalue weighted by Crippen LogP contribution is 2.22. The fourth-order valence-corrected chi connectivity index (χ4v) is 7.88. The van der Waals surface area contributed by atoms with Gasteiger partial charge >= 0.3 is 11.9 Å². The quantitative estimate of drug-likeness (QED) is 0.0138. The van der Waals surface area contributed by atoms with Crippen LogP contribution in [0, 0.1) is 5.92 Å². The summed E-state index contributed by atoms with van der Waals surface area (Å²) in [5.74, 6) is -10.7. The van der Waals surface area contributed by atoms with Crippen LogP contribution in [-0.2, 0) is 52.7 Å². The van der Waals surface area contributed by atoms with Gasteiger partial charge in [-0.1, -0.05) is 13.8 Å². The van der Waals surface area contributed by atoms with Crippen molar-refractivity contribution in [3.8, 4) is 0 Å². The van der Waals surface area contributed by atoms with Gasteiger partial charge in [-0.05, 0) is 76.7 Å². The number of rotatable bonds is 30. The number of thiol groups is 1. The summed E-state index contributed by atoms with van der Waals surface area (Å²) in [6, 6.07) is -10.0. The highest BCUT2D eigenvalue weighted by atomic mass is 32.1. The monoisotopic (exact) mass is 998 g/mol. The van der Waals surface area contributed by atoms with E-state index in [0.29, 0.717) is 32.2 Å². The third-order valence-electron chi connectivity index (χ3n) is 11.3. The van der Waals surface area contributed by atoms with Gasteiger partial charge < -0.3 is 80.6 Å². The largest absolute Gasteiger partial charge is 0.481 e. The van der Waals surface area contributed by atoms with E-state index in [0.717, 1.165) is 0 Å². The second-order valence-electron chi connectivity index (χ2n) is 17.1. The molecule has 0 aromatic carbocycles. The Kier molecular flexibility index (Phi) is 25.2. The van der Waals surface area contributed by atoms with Crippen molar-refractivity contribution in [2.24, 2.45) is 39.6 Å². The molecule has 0 aromatic rings. The summed E-state index contributed by atoms with van der Waals surface area (Å²) in [4.78, 5) is 148. The van der Waals surface area contributed by atoms with Crippen LogP contribution < -0.4 is 60.6 Å². The van der Waals surface area contributed by atoms with Crippen LogP contribution in [0.5, 0.6) is 0 Å². The van der Waals surface area contributed by atoms with Crippen molar-refractivity contribution in [3.63, 3.8) is 0 Å². The fraction of sp³-hybridized carbons (Fsp3) is 0.707. The van der Waals surface area contributed by atoms with Crippen LogP contribution in [0.3, 0.4) is 0 Å². The number of amides is 9. The maximum absolute atomic E-state index is 14.0. The molecule has 9 amide bonds. The first-order chi connectivity index (χ1) is 32.5. The molecule has 388 valence electrons. The molecule has 0 spiro atoms. The summed E-state index contributed by atoms with van der Waals surface area (Å²) >= 11 is 4.20. The summed E-state index contributed by atoms with van der Waals surface area (Å²) in [6.45, 7) is 3.20. The zero-order valence-electron chi connectivity index (χ0n) is 39.0. The number of aliphatic carboxylic acids is 2. The molecule has 0 aliphatic carbocycles. The summed E-state index contributed by atoms with van der Waals surface area (Å²) in [6.07, 6.45) is 1.35. The van der Waals surface area contributed by atoms with Crippen molar-refractivity contribution in [3.05, 3.63) is 0 Å². The van der Waals surface area contributed by atoms with Gasteiger partial charge in [0.05, 0.1) is 19.0 Å². The van der Waals surface area contributed by atoms with Gasteiger partial charge in [0.25, 0.3) is 0 Å². The van der Waals surface area contributed by atoms with E-state index >= 15 is 0 Å². The minimum Gasteiger partial charge on any atom is -0.481 e. The average Bonchev–Trinajstić information content (AvgIpc) is 3.99. The molecule has 0 radical (unpaired) electrons. The van der Waals surface area contributed by atoms with Gasteiger partial charge in [-0.2, -0.15) is 12.6 Å². The molecule has 18 N–H and O–H groups in total. The Hall–Kier alpha value is -6.29. The van der Waals surface area contributed by atoms with Crippen molar-refractivity contribution in [2.45, 2.75) is 139 Å². The van der Waals surface area contributed by atoms with Crippen molar-refractivity contribution < 1.29 is 63.0 Å². The van der Waals surface area contributed by atoms with Gasteiger partial charge in [-0.15, -0.1) is 0 Å². The lowest BCUT2D eigenvalue weighted by atomic mass is 10.0. The van der Waals surface area contributed by atoms with Gasteiger partial charge in [-0.3, -0.25) is 52.9 Å². The normalized spacial score (nSPS) is 18.1. The van der Waals surface area contributed by atoms with E-state index < -0.39 is 132 Å². The smallest absolute Gasteiger partial charge is 0.326 e. The second-order valence-corrected chi connectivity index (χ2v) is 17.5. The number of hydrogen-bond acceptors (Lipinski definition) is 15. The lowest BCUT2D eigenvalue weighted by Crippen LogP contribution is -2.59. The molecule has 69 heavy (non-hydrogen) atoms. The van der Waals surface area contributed by atoms with Crippen LogP contribution in [0.4, 0.5) is 0 Å². The van der Waals surface area contributed by atoms with Gasteiger partial charge in [-0.25, -0.2) is 4.79 Å². The van der Waals surface area contributed by atoms with Crippen LogP contribution in [0.15, 0.2) is 4.99 Å². The van der Waals surface area contributed by atoms with E-state index in [4.69, 9.17) is 33.8 Å². The van der Waals surface area contributed by atoms with Crippen molar-refractivity contribution in [1.82, 2.24) is 41.7 Å². The third-order valence-corrected chi connectivity index (χ3v) is 11.7. The van der Waals surface area contributed by atoms with Gasteiger partial charge in [0, 0.05) is 31.8 Å². The maximum Gasteiger partial charge on any atom is 0.326 e. The number of nitrogens with one attached hydrogen (secondary N) is 6. The van der Waals surface area contributed by atoms with Crippen molar-refractivity contribution >= 4 is 83.7 Å². The van der Waals surface area contributed by atoms with E-state index in [2.05, 4.69) is 49.5 Å². The average molecular weight is 999 g/mol. The highest BCUT2D eigenvalue weighted by Gasteiger charge is 2.41. The minimum atomic E-state index is -1.74. The van der Waals surface area contributed by atoms with Crippen LogP contribution in [-0.4, -0.2) is 178 Å². The van der Waals surface area contributed by atoms with Crippen LogP contribution in [0.1, 0.15) is 90.9 Å². The Balaban J connectivity index is 2.17. The molecule has 28 heteroatoms. The Bertz CT molecular complexity index is 1890. The number of hydrogen-bond donors (Lipinski definition) is 14. The topological polar surface area (TPSA) is 449 Å². The molecule has 2 saturated heterocycles. The summed E-state index contributed by atoms with van der Waals surface area (Å²) in [7, 11) is 0. The maximum atomic E-state index is 14.0. The van der Waals surface area contributed by atoms with E-state index in [1.807, 2.05) is 0 Å². The molecule has 8 atom stereocenters. The summed E-state index contributed by atoms with van der Waals surface area (Å²) < 4.78 is 0. The van der Waals surface area contributed by atoms with E-state index in [-0.39, 0.29) is 76.3 Å². The fourth-order valence-electron chi connectivity index (χ4n) is 7.62. The molecule has 2 heterocycles. The number of nitrogens with two attached hydrogens (primary N) is 5. The first-order valence-corrected chi connectivity index (χ1v) is 23.4. The lowest BCUT2D eigenvalue weighted by Gasteiger charge is -2.31. The number of carbonyl (C=O) groups is 11. The Morgan fingerprint density at radius 3 is 1.78 bits per heavy atom. The molecular weight excluding hydrogens is 929 g/mol. The Morgan fingerprint density at radius 2 is 1.26 bits per heavy atom. The number of carboxylic acid groups (broad SMARTS) is 2. The van der Waals surface area contributed by atoms with E-state index in [1.54, 1.807) is 13.8 Å². The molecule has 2 aliphatic rings. The van der Waals surface area contributed by atoms with Gasteiger partial charge in [0.2, 0.25) is 53.2 Å². The molecule has 0 aromatic heterocycles. The van der Waals surface area contributed by atoms with Crippen LogP contribution in [0.2, 0.25) is 0 Å². The SMILES string of the molecule is CC(C)[C@H](NC(=O)CNC(=O)[C@H](CS)NC(=O)[C@H](CCCN=C(N)N)NC(=O)[C@@H]1CCCN1C(=O)[C@H](CCCCN)NC(=O)[C@@H](N)CCC(N)=O)C(=O)N1CCC[C@H]1C(=O)N[C@@H](CC(=O)O)C(=O)O. The highest BCUT2D eigenvalue weighted by molar-refractivity contribution is 7.80. The lowest BCUT2D eigenvalue weighted by molar-refractivity contribution is -0.148. The molecule has 2 fully saturated rings. The number of likely N-dealkylation sites (tertiary alicyclic amines) is 2. The first-order valence-electron chi connectivity index (χ1n) is 22.8. The predicted octanol–water partition coefficient (Wildman–Crippen LogP) is -5.57. The summed E-state index contributed by atoms with van der Waals surface area (Å²) in [5.41, 5.74) is 27.7. The van der Waals surface area contributed by atoms with Crippen molar-refractivity contribution in [1.29, 1.82) is 0 Å². The molecule has 0 saturated carbocycles. The van der Waals surface area contributed by atoms with Crippen LogP contribution in [0.25, 0.3) is 0 Å². The minimum absolute atomic E-state index is 0.0358. The predicted molar refractivity (Wildman–Crippen MR) is 250 cm³/mol. The standard InChI is InChI=1S/C41H70N14O13S/c1-21(2)32(39(66)55-17-7-11-28(55)37(64)51-25(40(67)68)18-31(58)59)53-30(57)19-48-34(61)26(20-69)52-35(62)23(9-5-15-47-41(45)46)49-36(63)27-10-6-16-54(27)38(65)24(8-3-4-14-42)50-33(60)22(43)12-13-29(44)56/h21-28,32,69H,3-20,42-43H2,1-2H3,(H2,44,56)(H,48,61)(H,49,63)(H,50,60)(H,51,64)(H,52,62)(H,53,57)(H,58,59)(H,67,68)(H4,45,46,47)/t22-,23-,24-,25-,26-,27-,28-,32-/m0/s1. The zero-order chi connectivity index (χ0) is 52.0. The van der Waals surface area contributed by atoms with Gasteiger partial charge in [0.15, 0.2) is 5.96 Å². The number of carboxylic acids is 2. The molecule has 27 nitrogen and oxygen atoms in total. The third kappa shape index (κ3) is 19.7. The Labute approximate surface area is 404 Å². The Morgan fingerprint density at radius 1 is 0.696 bits per heavy atom. The number of unbranched alkanes of at least 4 members (excludes halogenated alkanes) is 1. The number of primary amides is 1. The number of nitrogens with zero attached hydrogens (tertiary/aromatic N) is 3. The second kappa shape index (κ2) is 29.6. The molecule has 2 aliphatic heterocycles. The first kappa shape index (κ1) is 58.8. The van der Waals surface area contributed by atoms with Crippen molar-refractivity contribution in [2.75, 3.05) is 38.5 Å². The number of carbonyl (C=O) groups excluding carboxylic acids is 9. The number of guanidine groups is 1. The molecule has 0 bridgehead atoms. The van der Waals surface area contributed by atoms with Gasteiger partial charge in [0.1, 0.15) is 42.3 Å². The zero-order valence-corrected chi connectivity index (χ0v) is 39.9. The molecular formula is C41H70N14O13S. The van der Waals surface area contributed by atoms with E-state index in [1.165, 1.54) is 9.80 Å². The van der Waals surface area contributed by atoms with E-state index in [9.17, 15) is 57.8 Å². The molecule has 2 rings (SSSR count). The molecule has 0 unspecified atom stereocenters. The summed E-state index contributed by atoms with van der Waals surface area (Å²) in [5, 5.41) is 33.3.